The molecule has 1 N–H and O–H groups in total. The van der Waals surface area contributed by atoms with Crippen LogP contribution >= 0.6 is 0 Å². The molecule has 0 spiro atoms. The molecule has 0 saturated heterocycles. The first-order valence-electron chi connectivity index (χ1n) is 8.63. The molecule has 0 atom stereocenters. The van der Waals surface area contributed by atoms with E-state index in [1.165, 1.54) is 30.5 Å². The number of hydrogen-bond donors (Lipinski definition) is 1. The Morgan fingerprint density at radius 2 is 1.81 bits per heavy atom. The van der Waals surface area contributed by atoms with Gasteiger partial charge in [0.15, 0.2) is 0 Å². The molecule has 0 fully saturated rings. The van der Waals surface area contributed by atoms with Crippen molar-refractivity contribution in [2.24, 2.45) is 5.41 Å². The molecule has 1 rings (SSSR count). The van der Waals surface area contributed by atoms with Crippen LogP contribution in [0, 0.1) is 12.3 Å². The second kappa shape index (κ2) is 9.09. The highest BCUT2D eigenvalue weighted by Crippen LogP contribution is 2.29. The summed E-state index contributed by atoms with van der Waals surface area (Å²) in [5.74, 6) is 0. The van der Waals surface area contributed by atoms with E-state index in [0.717, 1.165) is 26.2 Å². The molecular formula is C19H34N2. The van der Waals surface area contributed by atoms with Gasteiger partial charge in [0.05, 0.1) is 0 Å². The van der Waals surface area contributed by atoms with Crippen molar-refractivity contribution >= 4 is 5.69 Å². The fourth-order valence-electron chi connectivity index (χ4n) is 2.93. The molecule has 0 unspecified atom stereocenters. The zero-order chi connectivity index (χ0) is 15.7. The molecule has 1 aromatic carbocycles. The fourth-order valence-corrected chi connectivity index (χ4v) is 2.93. The first-order chi connectivity index (χ1) is 10.1. The Labute approximate surface area is 131 Å². The molecule has 120 valence electrons. The minimum atomic E-state index is 0.370. The Morgan fingerprint density at radius 1 is 1.10 bits per heavy atom. The maximum atomic E-state index is 3.64. The second-order valence-corrected chi connectivity index (χ2v) is 6.24. The van der Waals surface area contributed by atoms with Crippen molar-refractivity contribution in [1.82, 2.24) is 5.32 Å². The summed E-state index contributed by atoms with van der Waals surface area (Å²) in [4.78, 5) is 2.54. The lowest BCUT2D eigenvalue weighted by Crippen LogP contribution is -2.44. The minimum absolute atomic E-state index is 0.370. The SMILES string of the molecule is CCCNCC(CC)(CC)CN(CC)c1cccc(C)c1. The Kier molecular flexibility index (Phi) is 7.81. The van der Waals surface area contributed by atoms with Gasteiger partial charge in [0.25, 0.3) is 0 Å². The molecular weight excluding hydrogens is 256 g/mol. The van der Waals surface area contributed by atoms with Gasteiger partial charge < -0.3 is 10.2 Å². The maximum Gasteiger partial charge on any atom is 0.0368 e. The predicted molar refractivity (Wildman–Crippen MR) is 95.2 cm³/mol. The highest BCUT2D eigenvalue weighted by Gasteiger charge is 2.28. The van der Waals surface area contributed by atoms with Gasteiger partial charge in [-0.2, -0.15) is 0 Å². The van der Waals surface area contributed by atoms with Crippen molar-refractivity contribution in [1.29, 1.82) is 0 Å². The van der Waals surface area contributed by atoms with Crippen LogP contribution in [0.25, 0.3) is 0 Å². The summed E-state index contributed by atoms with van der Waals surface area (Å²) in [6.07, 6.45) is 3.66. The van der Waals surface area contributed by atoms with Crippen LogP contribution < -0.4 is 10.2 Å². The zero-order valence-corrected chi connectivity index (χ0v) is 14.7. The first-order valence-corrected chi connectivity index (χ1v) is 8.63. The Bertz CT molecular complexity index is 396. The van der Waals surface area contributed by atoms with E-state index < -0.39 is 0 Å². The number of nitrogens with zero attached hydrogens (tertiary/aromatic N) is 1. The molecule has 0 aliphatic rings. The molecule has 0 heterocycles. The Hall–Kier alpha value is -1.02. The quantitative estimate of drug-likeness (QED) is 0.632. The molecule has 1 aromatic rings. The van der Waals surface area contributed by atoms with Gasteiger partial charge in [0.1, 0.15) is 0 Å². The van der Waals surface area contributed by atoms with Crippen molar-refractivity contribution in [2.45, 2.75) is 53.9 Å². The fraction of sp³-hybridized carbons (Fsp3) is 0.684. The molecule has 0 saturated carbocycles. The van der Waals surface area contributed by atoms with Crippen LogP contribution in [0.4, 0.5) is 5.69 Å². The molecule has 21 heavy (non-hydrogen) atoms. The lowest BCUT2D eigenvalue weighted by atomic mass is 9.81. The Balaban J connectivity index is 2.83. The summed E-state index contributed by atoms with van der Waals surface area (Å²) in [7, 11) is 0. The van der Waals surface area contributed by atoms with Gasteiger partial charge in [-0.05, 0) is 62.8 Å². The largest absolute Gasteiger partial charge is 0.371 e. The third-order valence-electron chi connectivity index (χ3n) is 4.70. The standard InChI is InChI=1S/C19H34N2/c1-6-13-20-15-19(7-2,8-3)16-21(9-4)18-12-10-11-17(5)14-18/h10-12,14,20H,6-9,13,15-16H2,1-5H3. The van der Waals surface area contributed by atoms with Gasteiger partial charge in [-0.15, -0.1) is 0 Å². The number of rotatable bonds is 10. The highest BCUT2D eigenvalue weighted by atomic mass is 15.1. The van der Waals surface area contributed by atoms with Gasteiger partial charge in [0.2, 0.25) is 0 Å². The molecule has 2 nitrogen and oxygen atoms in total. The predicted octanol–water partition coefficient (Wildman–Crippen LogP) is 4.63. The first kappa shape index (κ1) is 18.0. The van der Waals surface area contributed by atoms with E-state index in [1.54, 1.807) is 0 Å². The average Bonchev–Trinajstić information content (AvgIpc) is 2.51. The Morgan fingerprint density at radius 3 is 2.33 bits per heavy atom. The van der Waals surface area contributed by atoms with E-state index in [2.05, 4.69) is 69.1 Å². The van der Waals surface area contributed by atoms with Crippen molar-refractivity contribution in [2.75, 3.05) is 31.1 Å². The summed E-state index contributed by atoms with van der Waals surface area (Å²) in [5, 5.41) is 3.64. The molecule has 0 aliphatic carbocycles. The second-order valence-electron chi connectivity index (χ2n) is 6.24. The van der Waals surface area contributed by atoms with Crippen molar-refractivity contribution in [3.05, 3.63) is 29.8 Å². The summed E-state index contributed by atoms with van der Waals surface area (Å²) < 4.78 is 0. The van der Waals surface area contributed by atoms with Crippen LogP contribution in [0.5, 0.6) is 0 Å². The van der Waals surface area contributed by atoms with E-state index in [0.29, 0.717) is 5.41 Å². The summed E-state index contributed by atoms with van der Waals surface area (Å²) in [6.45, 7) is 15.8. The molecule has 0 radical (unpaired) electrons. The molecule has 0 bridgehead atoms. The number of benzene rings is 1. The van der Waals surface area contributed by atoms with Crippen LogP contribution in [-0.2, 0) is 0 Å². The normalized spacial score (nSPS) is 11.7. The van der Waals surface area contributed by atoms with E-state index in [1.807, 2.05) is 0 Å². The van der Waals surface area contributed by atoms with Crippen LogP contribution in [0.2, 0.25) is 0 Å². The van der Waals surface area contributed by atoms with Gasteiger partial charge >= 0.3 is 0 Å². The van der Waals surface area contributed by atoms with Gasteiger partial charge in [0, 0.05) is 25.3 Å². The molecule has 2 heteroatoms. The third-order valence-corrected chi connectivity index (χ3v) is 4.70. The van der Waals surface area contributed by atoms with Crippen LogP contribution in [0.1, 0.15) is 52.5 Å². The lowest BCUT2D eigenvalue weighted by molar-refractivity contribution is 0.253. The monoisotopic (exact) mass is 290 g/mol. The molecule has 0 aliphatic heterocycles. The number of hydrogen-bond acceptors (Lipinski definition) is 2. The van der Waals surface area contributed by atoms with Crippen LogP contribution in [0.15, 0.2) is 24.3 Å². The van der Waals surface area contributed by atoms with Gasteiger partial charge in [-0.25, -0.2) is 0 Å². The number of nitrogens with one attached hydrogen (secondary N) is 1. The van der Waals surface area contributed by atoms with E-state index in [-0.39, 0.29) is 0 Å². The van der Waals surface area contributed by atoms with E-state index in [4.69, 9.17) is 0 Å². The molecule has 0 aromatic heterocycles. The van der Waals surface area contributed by atoms with Crippen molar-refractivity contribution in [3.8, 4) is 0 Å². The van der Waals surface area contributed by atoms with Crippen LogP contribution in [0.3, 0.4) is 0 Å². The van der Waals surface area contributed by atoms with Crippen molar-refractivity contribution in [3.63, 3.8) is 0 Å². The number of aryl methyl sites for hydroxylation is 1. The maximum absolute atomic E-state index is 3.64. The van der Waals surface area contributed by atoms with Crippen LogP contribution in [-0.4, -0.2) is 26.2 Å². The van der Waals surface area contributed by atoms with Gasteiger partial charge in [-0.3, -0.25) is 0 Å². The van der Waals surface area contributed by atoms with E-state index in [9.17, 15) is 0 Å². The van der Waals surface area contributed by atoms with Gasteiger partial charge in [-0.1, -0.05) is 32.9 Å². The lowest BCUT2D eigenvalue weighted by Gasteiger charge is -2.38. The minimum Gasteiger partial charge on any atom is -0.371 e. The van der Waals surface area contributed by atoms with E-state index >= 15 is 0 Å². The number of anilines is 1. The van der Waals surface area contributed by atoms with Crippen molar-refractivity contribution < 1.29 is 0 Å². The molecule has 0 amide bonds. The summed E-state index contributed by atoms with van der Waals surface area (Å²) >= 11 is 0. The average molecular weight is 290 g/mol. The highest BCUT2D eigenvalue weighted by molar-refractivity contribution is 5.48. The topological polar surface area (TPSA) is 15.3 Å². The zero-order valence-electron chi connectivity index (χ0n) is 14.7. The summed E-state index contributed by atoms with van der Waals surface area (Å²) in [6, 6.07) is 8.89. The smallest absolute Gasteiger partial charge is 0.0368 e. The summed E-state index contributed by atoms with van der Waals surface area (Å²) in [5.41, 5.74) is 3.07. The third kappa shape index (κ3) is 5.35.